The Morgan fingerprint density at radius 2 is 1.58 bits per heavy atom. The second kappa shape index (κ2) is 9.79. The van der Waals surface area contributed by atoms with E-state index in [2.05, 4.69) is 50.3 Å². The van der Waals surface area contributed by atoms with Crippen LogP contribution in [0.5, 0.6) is 0 Å². The third-order valence-corrected chi connectivity index (χ3v) is 5.88. The quantitative estimate of drug-likeness (QED) is 0.834. The molecule has 5 nitrogen and oxygen atoms in total. The highest BCUT2D eigenvalue weighted by Gasteiger charge is 2.37. The van der Waals surface area contributed by atoms with E-state index in [4.69, 9.17) is 0 Å². The first-order valence-electron chi connectivity index (χ1n) is 9.30. The molecule has 0 unspecified atom stereocenters. The van der Waals surface area contributed by atoms with Gasteiger partial charge in [0.25, 0.3) is 0 Å². The van der Waals surface area contributed by atoms with E-state index in [0.29, 0.717) is 24.2 Å². The minimum Gasteiger partial charge on any atom is -0.369 e. The normalized spacial score (nSPS) is 25.4. The minimum atomic E-state index is 0. The van der Waals surface area contributed by atoms with Crippen molar-refractivity contribution in [2.75, 3.05) is 63.8 Å². The number of nitrogens with zero attached hydrogens (tertiary/aromatic N) is 3. The van der Waals surface area contributed by atoms with Crippen molar-refractivity contribution in [3.8, 4) is 0 Å². The third-order valence-electron chi connectivity index (χ3n) is 5.88. The fourth-order valence-corrected chi connectivity index (χ4v) is 4.34. The summed E-state index contributed by atoms with van der Waals surface area (Å²) in [5.41, 5.74) is 1.31. The second-order valence-electron chi connectivity index (χ2n) is 7.39. The van der Waals surface area contributed by atoms with Crippen LogP contribution in [-0.2, 0) is 4.79 Å². The first-order chi connectivity index (χ1) is 11.8. The van der Waals surface area contributed by atoms with Gasteiger partial charge in [0.2, 0.25) is 5.91 Å². The fraction of sp³-hybridized carbons (Fsp3) is 0.632. The predicted molar refractivity (Wildman–Crippen MR) is 111 cm³/mol. The number of fused-ring (bicyclic) bond motifs is 1. The molecule has 0 spiro atoms. The summed E-state index contributed by atoms with van der Waals surface area (Å²) in [7, 11) is 0. The average molecular weight is 401 g/mol. The Labute approximate surface area is 168 Å². The smallest absolute Gasteiger partial charge is 0.223 e. The lowest BCUT2D eigenvalue weighted by Gasteiger charge is -2.36. The molecule has 146 valence electrons. The molecular formula is C19H30Cl2N4O. The van der Waals surface area contributed by atoms with E-state index >= 15 is 0 Å². The van der Waals surface area contributed by atoms with Gasteiger partial charge in [-0.2, -0.15) is 0 Å². The highest BCUT2D eigenvalue weighted by Crippen LogP contribution is 2.26. The number of benzene rings is 1. The molecule has 0 bridgehead atoms. The van der Waals surface area contributed by atoms with Crippen LogP contribution in [-0.4, -0.2) is 74.6 Å². The lowest BCUT2D eigenvalue weighted by molar-refractivity contribution is -0.130. The summed E-state index contributed by atoms with van der Waals surface area (Å²) in [4.78, 5) is 19.5. The van der Waals surface area contributed by atoms with Crippen molar-refractivity contribution in [1.82, 2.24) is 15.1 Å². The van der Waals surface area contributed by atoms with Crippen LogP contribution in [0.1, 0.15) is 6.42 Å². The van der Waals surface area contributed by atoms with Crippen molar-refractivity contribution in [3.63, 3.8) is 0 Å². The lowest BCUT2D eigenvalue weighted by atomic mass is 10.0. The van der Waals surface area contributed by atoms with Crippen molar-refractivity contribution in [2.24, 2.45) is 11.8 Å². The van der Waals surface area contributed by atoms with Crippen LogP contribution in [0.15, 0.2) is 30.3 Å². The number of carbonyl (C=O) groups excluding carboxylic acids is 1. The molecule has 4 rings (SSSR count). The molecule has 0 radical (unpaired) electrons. The largest absolute Gasteiger partial charge is 0.369 e. The molecule has 2 atom stereocenters. The summed E-state index contributed by atoms with van der Waals surface area (Å²) in [6.45, 7) is 9.25. The van der Waals surface area contributed by atoms with Crippen molar-refractivity contribution in [1.29, 1.82) is 0 Å². The molecule has 3 fully saturated rings. The van der Waals surface area contributed by atoms with E-state index < -0.39 is 0 Å². The number of piperazine rings is 1. The van der Waals surface area contributed by atoms with E-state index in [9.17, 15) is 4.79 Å². The molecule has 1 N–H and O–H groups in total. The van der Waals surface area contributed by atoms with Gasteiger partial charge in [-0.05, 0) is 24.0 Å². The van der Waals surface area contributed by atoms with Gasteiger partial charge in [0.05, 0.1) is 0 Å². The third kappa shape index (κ3) is 4.83. The standard InChI is InChI=1S/C19H28N4O.2ClH/c24-19(23-14-16-12-20-13-17(16)15-23)6-7-21-8-10-22(11-9-21)18-4-2-1-3-5-18;;/h1-5,16-17,20H,6-15H2;2*1H/t16-,17+;;. The molecule has 3 saturated heterocycles. The number of nitrogens with one attached hydrogen (secondary N) is 1. The van der Waals surface area contributed by atoms with Crippen LogP contribution >= 0.6 is 24.8 Å². The molecule has 0 saturated carbocycles. The number of hydrogen-bond donors (Lipinski definition) is 1. The Kier molecular flexibility index (Phi) is 8.02. The van der Waals surface area contributed by atoms with Gasteiger partial charge in [-0.25, -0.2) is 0 Å². The zero-order valence-corrected chi connectivity index (χ0v) is 16.8. The number of likely N-dealkylation sites (tertiary alicyclic amines) is 1. The van der Waals surface area contributed by atoms with Crippen LogP contribution in [0.3, 0.4) is 0 Å². The number of carbonyl (C=O) groups is 1. The molecule has 1 aromatic carbocycles. The molecule has 0 aromatic heterocycles. The average Bonchev–Trinajstić information content (AvgIpc) is 3.23. The Bertz CT molecular complexity index is 554. The molecule has 1 amide bonds. The van der Waals surface area contributed by atoms with Crippen LogP contribution < -0.4 is 10.2 Å². The monoisotopic (exact) mass is 400 g/mol. The van der Waals surface area contributed by atoms with Crippen molar-refractivity contribution in [3.05, 3.63) is 30.3 Å². The zero-order chi connectivity index (χ0) is 16.4. The highest BCUT2D eigenvalue weighted by atomic mass is 35.5. The number of rotatable bonds is 4. The van der Waals surface area contributed by atoms with Gasteiger partial charge >= 0.3 is 0 Å². The van der Waals surface area contributed by atoms with Gasteiger partial charge < -0.3 is 15.1 Å². The van der Waals surface area contributed by atoms with E-state index in [1.165, 1.54) is 5.69 Å². The van der Waals surface area contributed by atoms with Gasteiger partial charge in [0.1, 0.15) is 0 Å². The van der Waals surface area contributed by atoms with E-state index in [-0.39, 0.29) is 24.8 Å². The summed E-state index contributed by atoms with van der Waals surface area (Å²) in [6.07, 6.45) is 0.679. The van der Waals surface area contributed by atoms with Gasteiger partial charge in [-0.15, -0.1) is 24.8 Å². The van der Waals surface area contributed by atoms with Gasteiger partial charge in [-0.3, -0.25) is 9.69 Å². The number of anilines is 1. The highest BCUT2D eigenvalue weighted by molar-refractivity contribution is 5.85. The van der Waals surface area contributed by atoms with Gasteiger partial charge in [-0.1, -0.05) is 18.2 Å². The molecule has 3 aliphatic heterocycles. The van der Waals surface area contributed by atoms with E-state index in [1.807, 2.05) is 0 Å². The topological polar surface area (TPSA) is 38.8 Å². The number of para-hydroxylation sites is 1. The zero-order valence-electron chi connectivity index (χ0n) is 15.2. The van der Waals surface area contributed by atoms with Gasteiger partial charge in [0, 0.05) is 71.0 Å². The van der Waals surface area contributed by atoms with Crippen LogP contribution in [0.25, 0.3) is 0 Å². The summed E-state index contributed by atoms with van der Waals surface area (Å²) in [5, 5.41) is 3.43. The van der Waals surface area contributed by atoms with Crippen LogP contribution in [0.2, 0.25) is 0 Å². The molecule has 26 heavy (non-hydrogen) atoms. The summed E-state index contributed by atoms with van der Waals surface area (Å²) >= 11 is 0. The lowest BCUT2D eigenvalue weighted by Crippen LogP contribution is -2.47. The minimum absolute atomic E-state index is 0. The van der Waals surface area contributed by atoms with Crippen molar-refractivity contribution < 1.29 is 4.79 Å². The summed E-state index contributed by atoms with van der Waals surface area (Å²) < 4.78 is 0. The molecule has 3 heterocycles. The maximum Gasteiger partial charge on any atom is 0.223 e. The van der Waals surface area contributed by atoms with Crippen molar-refractivity contribution in [2.45, 2.75) is 6.42 Å². The first kappa shape index (κ1) is 21.3. The number of halogens is 2. The Hall–Kier alpha value is -1.01. The molecule has 3 aliphatic rings. The SMILES string of the molecule is Cl.Cl.O=C(CCN1CCN(c2ccccc2)CC1)N1C[C@H]2CNC[C@H]2C1. The van der Waals surface area contributed by atoms with Crippen LogP contribution in [0, 0.1) is 11.8 Å². The maximum atomic E-state index is 12.5. The number of amides is 1. The van der Waals surface area contributed by atoms with E-state index in [1.54, 1.807) is 0 Å². The molecule has 0 aliphatic carbocycles. The fourth-order valence-electron chi connectivity index (χ4n) is 4.34. The van der Waals surface area contributed by atoms with Crippen molar-refractivity contribution >= 4 is 36.4 Å². The Morgan fingerprint density at radius 1 is 0.962 bits per heavy atom. The number of hydrogen-bond acceptors (Lipinski definition) is 4. The molecule has 7 heteroatoms. The molecular weight excluding hydrogens is 371 g/mol. The summed E-state index contributed by atoms with van der Waals surface area (Å²) in [5.74, 6) is 1.75. The molecule has 1 aromatic rings. The van der Waals surface area contributed by atoms with Crippen LogP contribution in [0.4, 0.5) is 5.69 Å². The predicted octanol–water partition coefficient (Wildman–Crippen LogP) is 1.72. The van der Waals surface area contributed by atoms with Gasteiger partial charge in [0.15, 0.2) is 0 Å². The first-order valence-corrected chi connectivity index (χ1v) is 9.30. The Morgan fingerprint density at radius 3 is 2.19 bits per heavy atom. The Balaban J connectivity index is 0.00000121. The van der Waals surface area contributed by atoms with E-state index in [0.717, 1.165) is 58.9 Å². The second-order valence-corrected chi connectivity index (χ2v) is 7.39. The maximum absolute atomic E-state index is 12.5. The summed E-state index contributed by atoms with van der Waals surface area (Å²) in [6, 6.07) is 10.6.